The van der Waals surface area contributed by atoms with E-state index in [1.54, 1.807) is 18.3 Å². The van der Waals surface area contributed by atoms with Crippen LogP contribution in [0.3, 0.4) is 0 Å². The molecule has 0 amide bonds. The van der Waals surface area contributed by atoms with Gasteiger partial charge in [0.15, 0.2) is 5.84 Å². The van der Waals surface area contributed by atoms with Crippen molar-refractivity contribution >= 4 is 5.84 Å². The standard InChI is InChI=1S/C11H19N5O/c1-2-3-6-9(17)8-5-4-7-14-10(8)11(15-12)16-13/h4-5,7,9,17H,2-3,6,12-13H2,1H3,(H,15,16). The summed E-state index contributed by atoms with van der Waals surface area (Å²) < 4.78 is 0. The number of hydrazone groups is 1. The number of nitrogens with two attached hydrogens (primary N) is 2. The van der Waals surface area contributed by atoms with Crippen molar-refractivity contribution < 1.29 is 5.11 Å². The van der Waals surface area contributed by atoms with Crippen LogP contribution in [0, 0.1) is 0 Å². The predicted octanol–water partition coefficient (Wildman–Crippen LogP) is 0.389. The van der Waals surface area contributed by atoms with Crippen LogP contribution in [-0.4, -0.2) is 15.9 Å². The molecule has 0 aliphatic carbocycles. The summed E-state index contributed by atoms with van der Waals surface area (Å²) >= 11 is 0. The number of amidine groups is 1. The summed E-state index contributed by atoms with van der Waals surface area (Å²) in [5, 5.41) is 13.6. The summed E-state index contributed by atoms with van der Waals surface area (Å²) in [5.74, 6) is 10.8. The molecule has 6 nitrogen and oxygen atoms in total. The van der Waals surface area contributed by atoms with Crippen LogP contribution < -0.4 is 17.1 Å². The maximum absolute atomic E-state index is 10.1. The SMILES string of the molecule is CCCCC(O)c1cccnc1/C(=N/N)NN. The average molecular weight is 237 g/mol. The summed E-state index contributed by atoms with van der Waals surface area (Å²) in [6.07, 6.45) is 3.68. The summed E-state index contributed by atoms with van der Waals surface area (Å²) in [6, 6.07) is 3.56. The van der Waals surface area contributed by atoms with Crippen molar-refractivity contribution in [3.63, 3.8) is 0 Å². The van der Waals surface area contributed by atoms with E-state index in [0.717, 1.165) is 12.8 Å². The third kappa shape index (κ3) is 3.40. The first-order chi connectivity index (χ1) is 8.24. The lowest BCUT2D eigenvalue weighted by Gasteiger charge is -2.14. The van der Waals surface area contributed by atoms with Crippen LogP contribution in [0.5, 0.6) is 0 Å². The number of hydrazine groups is 1. The van der Waals surface area contributed by atoms with E-state index in [2.05, 4.69) is 22.4 Å². The number of hydrogen-bond acceptors (Lipinski definition) is 5. The van der Waals surface area contributed by atoms with Gasteiger partial charge in [0.1, 0.15) is 5.69 Å². The largest absolute Gasteiger partial charge is 0.388 e. The third-order valence-electron chi connectivity index (χ3n) is 2.52. The van der Waals surface area contributed by atoms with Crippen LogP contribution in [0.2, 0.25) is 0 Å². The fraction of sp³-hybridized carbons (Fsp3) is 0.455. The number of aliphatic hydroxyl groups is 1. The van der Waals surface area contributed by atoms with Gasteiger partial charge in [0.05, 0.1) is 6.10 Å². The molecule has 1 aromatic heterocycles. The van der Waals surface area contributed by atoms with Crippen LogP contribution >= 0.6 is 0 Å². The number of nitrogens with one attached hydrogen (secondary N) is 1. The minimum absolute atomic E-state index is 0.260. The second kappa shape index (κ2) is 6.82. The predicted molar refractivity (Wildman–Crippen MR) is 66.8 cm³/mol. The lowest BCUT2D eigenvalue weighted by molar-refractivity contribution is 0.163. The van der Waals surface area contributed by atoms with Crippen molar-refractivity contribution in [3.05, 3.63) is 29.6 Å². The van der Waals surface area contributed by atoms with E-state index in [4.69, 9.17) is 11.7 Å². The first kappa shape index (κ1) is 13.4. The normalized spacial score (nSPS) is 13.5. The monoisotopic (exact) mass is 237 g/mol. The number of unbranched alkanes of at least 4 members (excludes halogenated alkanes) is 1. The van der Waals surface area contributed by atoms with Gasteiger partial charge in [-0.1, -0.05) is 25.8 Å². The van der Waals surface area contributed by atoms with E-state index in [0.29, 0.717) is 17.7 Å². The highest BCUT2D eigenvalue weighted by atomic mass is 16.3. The van der Waals surface area contributed by atoms with Crippen LogP contribution in [-0.2, 0) is 0 Å². The van der Waals surface area contributed by atoms with Crippen molar-refractivity contribution in [2.45, 2.75) is 32.3 Å². The smallest absolute Gasteiger partial charge is 0.185 e. The van der Waals surface area contributed by atoms with Gasteiger partial charge in [-0.05, 0) is 12.5 Å². The minimum Gasteiger partial charge on any atom is -0.388 e. The average Bonchev–Trinajstić information content (AvgIpc) is 2.38. The summed E-state index contributed by atoms with van der Waals surface area (Å²) in [7, 11) is 0. The summed E-state index contributed by atoms with van der Waals surface area (Å²) in [5.41, 5.74) is 3.54. The topological polar surface area (TPSA) is 110 Å². The lowest BCUT2D eigenvalue weighted by Crippen LogP contribution is -2.33. The van der Waals surface area contributed by atoms with Crippen molar-refractivity contribution in [3.8, 4) is 0 Å². The van der Waals surface area contributed by atoms with Crippen LogP contribution in [0.25, 0.3) is 0 Å². The molecule has 6 N–H and O–H groups in total. The number of rotatable bonds is 5. The molecule has 0 aliphatic heterocycles. The van der Waals surface area contributed by atoms with Gasteiger partial charge in [-0.15, -0.1) is 0 Å². The van der Waals surface area contributed by atoms with Crippen molar-refractivity contribution in [2.75, 3.05) is 0 Å². The first-order valence-electron chi connectivity index (χ1n) is 5.62. The number of aliphatic hydroxyl groups excluding tert-OH is 1. The van der Waals surface area contributed by atoms with Gasteiger partial charge < -0.3 is 16.4 Å². The Morgan fingerprint density at radius 1 is 1.65 bits per heavy atom. The molecular formula is C11H19N5O. The van der Waals surface area contributed by atoms with Gasteiger partial charge in [-0.25, -0.2) is 5.84 Å². The van der Waals surface area contributed by atoms with Gasteiger partial charge in [0.2, 0.25) is 0 Å². The van der Waals surface area contributed by atoms with E-state index < -0.39 is 6.10 Å². The van der Waals surface area contributed by atoms with E-state index >= 15 is 0 Å². The molecule has 0 saturated heterocycles. The molecule has 0 radical (unpaired) electrons. The van der Waals surface area contributed by atoms with Crippen molar-refractivity contribution in [2.24, 2.45) is 16.8 Å². The Bertz CT molecular complexity index is 380. The van der Waals surface area contributed by atoms with E-state index in [1.807, 2.05) is 0 Å². The number of hydrogen-bond donors (Lipinski definition) is 4. The number of aromatic nitrogens is 1. The van der Waals surface area contributed by atoms with Crippen molar-refractivity contribution in [1.82, 2.24) is 10.4 Å². The molecule has 1 rings (SSSR count). The number of pyridine rings is 1. The molecule has 0 spiro atoms. The Kier molecular flexibility index (Phi) is 5.38. The Hall–Kier alpha value is -1.66. The Morgan fingerprint density at radius 3 is 3.00 bits per heavy atom. The third-order valence-corrected chi connectivity index (χ3v) is 2.52. The first-order valence-corrected chi connectivity index (χ1v) is 5.62. The second-order valence-electron chi connectivity index (χ2n) is 3.72. The number of nitrogens with zero attached hydrogens (tertiary/aromatic N) is 2. The molecule has 1 heterocycles. The molecular weight excluding hydrogens is 218 g/mol. The van der Waals surface area contributed by atoms with Gasteiger partial charge in [0, 0.05) is 11.8 Å². The molecule has 6 heteroatoms. The zero-order chi connectivity index (χ0) is 12.7. The Morgan fingerprint density at radius 2 is 2.41 bits per heavy atom. The quantitative estimate of drug-likeness (QED) is 0.256. The van der Waals surface area contributed by atoms with Gasteiger partial charge in [-0.3, -0.25) is 4.98 Å². The Balaban J connectivity index is 2.98. The Labute approximate surface area is 101 Å². The summed E-state index contributed by atoms with van der Waals surface area (Å²) in [6.45, 7) is 2.07. The van der Waals surface area contributed by atoms with Crippen LogP contribution in [0.15, 0.2) is 23.4 Å². The second-order valence-corrected chi connectivity index (χ2v) is 3.72. The fourth-order valence-electron chi connectivity index (χ4n) is 1.60. The molecule has 0 bridgehead atoms. The zero-order valence-electron chi connectivity index (χ0n) is 9.93. The summed E-state index contributed by atoms with van der Waals surface area (Å²) in [4.78, 5) is 4.14. The lowest BCUT2D eigenvalue weighted by atomic mass is 10.0. The van der Waals surface area contributed by atoms with E-state index in [9.17, 15) is 5.11 Å². The van der Waals surface area contributed by atoms with Gasteiger partial charge in [-0.2, -0.15) is 5.10 Å². The molecule has 0 fully saturated rings. The molecule has 17 heavy (non-hydrogen) atoms. The highest BCUT2D eigenvalue weighted by Gasteiger charge is 2.16. The molecule has 1 unspecified atom stereocenters. The molecule has 0 saturated carbocycles. The van der Waals surface area contributed by atoms with E-state index in [-0.39, 0.29) is 5.84 Å². The molecule has 1 aromatic rings. The highest BCUT2D eigenvalue weighted by Crippen LogP contribution is 2.21. The van der Waals surface area contributed by atoms with Gasteiger partial charge in [0.25, 0.3) is 0 Å². The van der Waals surface area contributed by atoms with Crippen LogP contribution in [0.1, 0.15) is 43.5 Å². The molecule has 1 atom stereocenters. The minimum atomic E-state index is -0.580. The highest BCUT2D eigenvalue weighted by molar-refractivity contribution is 5.97. The van der Waals surface area contributed by atoms with Crippen molar-refractivity contribution in [1.29, 1.82) is 0 Å². The maximum Gasteiger partial charge on any atom is 0.185 e. The van der Waals surface area contributed by atoms with E-state index in [1.165, 1.54) is 0 Å². The van der Waals surface area contributed by atoms with Gasteiger partial charge >= 0.3 is 0 Å². The molecule has 0 aromatic carbocycles. The fourth-order valence-corrected chi connectivity index (χ4v) is 1.60. The molecule has 0 aliphatic rings. The molecule has 94 valence electrons. The zero-order valence-corrected chi connectivity index (χ0v) is 9.93. The maximum atomic E-state index is 10.1. The van der Waals surface area contributed by atoms with Crippen LogP contribution in [0.4, 0.5) is 0 Å².